The van der Waals surface area contributed by atoms with Gasteiger partial charge in [-0.05, 0) is 44.5 Å². The summed E-state index contributed by atoms with van der Waals surface area (Å²) in [5.74, 6) is -0.490. The molecule has 1 amide bonds. The van der Waals surface area contributed by atoms with E-state index in [1.54, 1.807) is 12.1 Å². The normalized spacial score (nSPS) is 19.0. The van der Waals surface area contributed by atoms with Crippen molar-refractivity contribution in [2.75, 3.05) is 27.2 Å². The minimum Gasteiger partial charge on any atom is -0.465 e. The SMILES string of the molecule is COC(=O)c1ccc(C(C)NC(=O)C2(N)CCN(C)CC2)cc1. The van der Waals surface area contributed by atoms with Gasteiger partial charge < -0.3 is 20.7 Å². The molecule has 3 N–H and O–H groups in total. The molecule has 1 saturated heterocycles. The Morgan fingerprint density at radius 3 is 2.35 bits per heavy atom. The molecule has 1 aromatic carbocycles. The fraction of sp³-hybridized carbons (Fsp3) is 0.529. The number of esters is 1. The first-order chi connectivity index (χ1) is 10.9. The van der Waals surface area contributed by atoms with Crippen molar-refractivity contribution >= 4 is 11.9 Å². The molecule has 1 aliphatic heterocycles. The lowest BCUT2D eigenvalue weighted by Crippen LogP contribution is -2.59. The average Bonchev–Trinajstić information content (AvgIpc) is 2.57. The molecule has 126 valence electrons. The monoisotopic (exact) mass is 319 g/mol. The Labute approximate surface area is 137 Å². The Balaban J connectivity index is 1.99. The molecule has 0 aromatic heterocycles. The standard InChI is InChI=1S/C17H25N3O3/c1-12(13-4-6-14(7-5-13)15(21)23-3)19-16(22)17(18)8-10-20(2)11-9-17/h4-7,12H,8-11,18H2,1-3H3,(H,19,22). The summed E-state index contributed by atoms with van der Waals surface area (Å²) in [6.07, 6.45) is 1.31. The fourth-order valence-corrected chi connectivity index (χ4v) is 2.69. The van der Waals surface area contributed by atoms with Crippen molar-refractivity contribution in [1.29, 1.82) is 0 Å². The predicted octanol–water partition coefficient (Wildman–Crippen LogP) is 1.07. The molecule has 1 aliphatic rings. The maximum Gasteiger partial charge on any atom is 0.337 e. The Hall–Kier alpha value is -1.92. The quantitative estimate of drug-likeness (QED) is 0.811. The summed E-state index contributed by atoms with van der Waals surface area (Å²) in [6.45, 7) is 3.56. The maximum atomic E-state index is 12.5. The van der Waals surface area contributed by atoms with E-state index in [2.05, 4.69) is 15.0 Å². The Morgan fingerprint density at radius 2 is 1.83 bits per heavy atom. The van der Waals surface area contributed by atoms with Gasteiger partial charge in [-0.15, -0.1) is 0 Å². The second-order valence-corrected chi connectivity index (χ2v) is 6.27. The number of amides is 1. The first kappa shape index (κ1) is 17.4. The zero-order chi connectivity index (χ0) is 17.0. The molecule has 0 radical (unpaired) electrons. The van der Waals surface area contributed by atoms with Crippen LogP contribution >= 0.6 is 0 Å². The number of nitrogens with one attached hydrogen (secondary N) is 1. The molecule has 0 aliphatic carbocycles. The van der Waals surface area contributed by atoms with E-state index in [1.807, 2.05) is 26.1 Å². The third kappa shape index (κ3) is 4.09. The highest BCUT2D eigenvalue weighted by molar-refractivity contribution is 5.89. The summed E-state index contributed by atoms with van der Waals surface area (Å²) in [5, 5.41) is 2.99. The van der Waals surface area contributed by atoms with Gasteiger partial charge in [0.25, 0.3) is 0 Å². The average molecular weight is 319 g/mol. The molecule has 1 heterocycles. The number of hydrogen-bond donors (Lipinski definition) is 2. The summed E-state index contributed by atoms with van der Waals surface area (Å²) in [4.78, 5) is 26.1. The van der Waals surface area contributed by atoms with Crippen LogP contribution in [0.5, 0.6) is 0 Å². The number of likely N-dealkylation sites (tertiary alicyclic amines) is 1. The number of benzene rings is 1. The summed E-state index contributed by atoms with van der Waals surface area (Å²) in [5.41, 5.74) is 6.88. The lowest BCUT2D eigenvalue weighted by Gasteiger charge is -2.37. The summed E-state index contributed by atoms with van der Waals surface area (Å²) >= 11 is 0. The van der Waals surface area contributed by atoms with E-state index in [4.69, 9.17) is 5.73 Å². The Bertz CT molecular complexity index is 563. The topological polar surface area (TPSA) is 84.7 Å². The zero-order valence-electron chi connectivity index (χ0n) is 14.0. The summed E-state index contributed by atoms with van der Waals surface area (Å²) in [7, 11) is 3.38. The molecule has 23 heavy (non-hydrogen) atoms. The first-order valence-corrected chi connectivity index (χ1v) is 7.82. The van der Waals surface area contributed by atoms with Gasteiger partial charge >= 0.3 is 5.97 Å². The zero-order valence-corrected chi connectivity index (χ0v) is 14.0. The van der Waals surface area contributed by atoms with Crippen LogP contribution in [-0.2, 0) is 9.53 Å². The minimum absolute atomic E-state index is 0.116. The van der Waals surface area contributed by atoms with Crippen molar-refractivity contribution in [2.45, 2.75) is 31.3 Å². The third-order valence-corrected chi connectivity index (χ3v) is 4.51. The van der Waals surface area contributed by atoms with Crippen molar-refractivity contribution < 1.29 is 14.3 Å². The number of carbonyl (C=O) groups is 2. The highest BCUT2D eigenvalue weighted by Crippen LogP contribution is 2.21. The Kier molecular flexibility index (Phi) is 5.38. The second-order valence-electron chi connectivity index (χ2n) is 6.27. The molecule has 6 heteroatoms. The number of ether oxygens (including phenoxy) is 1. The second kappa shape index (κ2) is 7.10. The van der Waals surface area contributed by atoms with Gasteiger partial charge in [0.05, 0.1) is 24.3 Å². The Morgan fingerprint density at radius 1 is 1.26 bits per heavy atom. The smallest absolute Gasteiger partial charge is 0.337 e. The van der Waals surface area contributed by atoms with E-state index in [1.165, 1.54) is 7.11 Å². The number of nitrogens with zero attached hydrogens (tertiary/aromatic N) is 1. The van der Waals surface area contributed by atoms with Gasteiger partial charge in [0.2, 0.25) is 5.91 Å². The van der Waals surface area contributed by atoms with Gasteiger partial charge in [-0.2, -0.15) is 0 Å². The van der Waals surface area contributed by atoms with Crippen LogP contribution in [0, 0.1) is 0 Å². The largest absolute Gasteiger partial charge is 0.465 e. The van der Waals surface area contributed by atoms with Crippen LogP contribution in [0.15, 0.2) is 24.3 Å². The van der Waals surface area contributed by atoms with Crippen LogP contribution in [0.1, 0.15) is 41.7 Å². The molecular formula is C17H25N3O3. The van der Waals surface area contributed by atoms with Crippen molar-refractivity contribution in [1.82, 2.24) is 10.2 Å². The molecular weight excluding hydrogens is 294 g/mol. The van der Waals surface area contributed by atoms with Crippen LogP contribution in [0.3, 0.4) is 0 Å². The third-order valence-electron chi connectivity index (χ3n) is 4.51. The number of nitrogens with two attached hydrogens (primary N) is 1. The molecule has 1 atom stereocenters. The van der Waals surface area contributed by atoms with E-state index < -0.39 is 5.54 Å². The number of rotatable bonds is 4. The van der Waals surface area contributed by atoms with Crippen LogP contribution in [-0.4, -0.2) is 49.6 Å². The van der Waals surface area contributed by atoms with Crippen molar-refractivity contribution in [3.05, 3.63) is 35.4 Å². The highest BCUT2D eigenvalue weighted by atomic mass is 16.5. The van der Waals surface area contributed by atoms with Gasteiger partial charge in [0.15, 0.2) is 0 Å². The van der Waals surface area contributed by atoms with Crippen LogP contribution in [0.25, 0.3) is 0 Å². The number of carbonyl (C=O) groups excluding carboxylic acids is 2. The van der Waals surface area contributed by atoms with Gasteiger partial charge in [0, 0.05) is 13.1 Å². The molecule has 0 saturated carbocycles. The minimum atomic E-state index is -0.799. The highest BCUT2D eigenvalue weighted by Gasteiger charge is 2.37. The number of piperidine rings is 1. The fourth-order valence-electron chi connectivity index (χ4n) is 2.69. The predicted molar refractivity (Wildman–Crippen MR) is 88.0 cm³/mol. The number of hydrogen-bond acceptors (Lipinski definition) is 5. The van der Waals surface area contributed by atoms with Crippen LogP contribution in [0.2, 0.25) is 0 Å². The molecule has 0 spiro atoms. The number of methoxy groups -OCH3 is 1. The van der Waals surface area contributed by atoms with E-state index in [9.17, 15) is 9.59 Å². The van der Waals surface area contributed by atoms with Crippen LogP contribution < -0.4 is 11.1 Å². The summed E-state index contributed by atoms with van der Waals surface area (Å²) in [6, 6.07) is 6.84. The molecule has 1 fully saturated rings. The summed E-state index contributed by atoms with van der Waals surface area (Å²) < 4.78 is 4.67. The van der Waals surface area contributed by atoms with Gasteiger partial charge in [-0.25, -0.2) is 4.79 Å². The van der Waals surface area contributed by atoms with E-state index >= 15 is 0 Å². The van der Waals surface area contributed by atoms with Crippen molar-refractivity contribution in [3.8, 4) is 0 Å². The van der Waals surface area contributed by atoms with Gasteiger partial charge in [0.1, 0.15) is 0 Å². The van der Waals surface area contributed by atoms with E-state index in [-0.39, 0.29) is 17.9 Å². The lowest BCUT2D eigenvalue weighted by molar-refractivity contribution is -0.128. The molecule has 2 rings (SSSR count). The van der Waals surface area contributed by atoms with Crippen molar-refractivity contribution in [3.63, 3.8) is 0 Å². The van der Waals surface area contributed by atoms with Crippen LogP contribution in [0.4, 0.5) is 0 Å². The maximum absolute atomic E-state index is 12.5. The molecule has 1 unspecified atom stereocenters. The lowest BCUT2D eigenvalue weighted by atomic mass is 9.87. The van der Waals surface area contributed by atoms with Gasteiger partial charge in [-0.3, -0.25) is 4.79 Å². The molecule has 0 bridgehead atoms. The molecule has 1 aromatic rings. The molecule has 6 nitrogen and oxygen atoms in total. The van der Waals surface area contributed by atoms with E-state index in [0.29, 0.717) is 18.4 Å². The first-order valence-electron chi connectivity index (χ1n) is 7.82. The van der Waals surface area contributed by atoms with E-state index in [0.717, 1.165) is 18.7 Å². The van der Waals surface area contributed by atoms with Crippen molar-refractivity contribution in [2.24, 2.45) is 5.73 Å². The van der Waals surface area contributed by atoms with Gasteiger partial charge in [-0.1, -0.05) is 12.1 Å².